The van der Waals surface area contributed by atoms with Gasteiger partial charge in [-0.25, -0.2) is 0 Å². The van der Waals surface area contributed by atoms with Crippen molar-refractivity contribution in [2.45, 2.75) is 19.7 Å². The molecule has 8 heteroatoms. The zero-order valence-corrected chi connectivity index (χ0v) is 14.3. The van der Waals surface area contributed by atoms with E-state index in [1.165, 1.54) is 18.2 Å². The maximum Gasteiger partial charge on any atom is 0.573 e. The Bertz CT molecular complexity index is 961. The Kier molecular flexibility index (Phi) is 4.98. The summed E-state index contributed by atoms with van der Waals surface area (Å²) in [6.07, 6.45) is -5.17. The Labute approximate surface area is 152 Å². The van der Waals surface area contributed by atoms with Gasteiger partial charge in [0.2, 0.25) is 0 Å². The van der Waals surface area contributed by atoms with Gasteiger partial charge in [0.05, 0.1) is 18.7 Å². The van der Waals surface area contributed by atoms with Gasteiger partial charge in [-0.1, -0.05) is 0 Å². The molecule has 0 aliphatic heterocycles. The van der Waals surface area contributed by atoms with Crippen molar-refractivity contribution in [1.82, 2.24) is 4.98 Å². The number of aromatic amines is 1. The lowest BCUT2D eigenvalue weighted by molar-refractivity contribution is -0.274. The van der Waals surface area contributed by atoms with Gasteiger partial charge in [0.1, 0.15) is 11.5 Å². The van der Waals surface area contributed by atoms with E-state index >= 15 is 0 Å². The number of carboxylic acids is 1. The van der Waals surface area contributed by atoms with E-state index in [9.17, 15) is 23.1 Å². The lowest BCUT2D eigenvalue weighted by Gasteiger charge is -2.09. The van der Waals surface area contributed by atoms with Crippen molar-refractivity contribution in [3.63, 3.8) is 0 Å². The number of benzene rings is 2. The number of ether oxygens (including phenoxy) is 2. The number of rotatable bonds is 6. The quantitative estimate of drug-likeness (QED) is 0.648. The van der Waals surface area contributed by atoms with Gasteiger partial charge < -0.3 is 19.6 Å². The van der Waals surface area contributed by atoms with Crippen LogP contribution in [-0.4, -0.2) is 29.0 Å². The number of hydrogen-bond acceptors (Lipinski definition) is 3. The SMILES string of the molecule is CCOc1ccc(-c2[nH]c3ccc(OC(F)(F)F)cc3c2CC(=O)O)cc1. The van der Waals surface area contributed by atoms with E-state index in [-0.39, 0.29) is 6.42 Å². The first-order chi connectivity index (χ1) is 12.8. The lowest BCUT2D eigenvalue weighted by Crippen LogP contribution is -2.17. The zero-order valence-electron chi connectivity index (χ0n) is 14.3. The van der Waals surface area contributed by atoms with E-state index < -0.39 is 18.1 Å². The highest BCUT2D eigenvalue weighted by Gasteiger charge is 2.31. The predicted molar refractivity (Wildman–Crippen MR) is 92.9 cm³/mol. The maximum absolute atomic E-state index is 12.5. The van der Waals surface area contributed by atoms with Gasteiger partial charge in [0, 0.05) is 10.9 Å². The molecule has 0 saturated carbocycles. The van der Waals surface area contributed by atoms with Gasteiger partial charge in [-0.2, -0.15) is 0 Å². The third-order valence-electron chi connectivity index (χ3n) is 3.89. The number of carbonyl (C=O) groups is 1. The molecule has 27 heavy (non-hydrogen) atoms. The summed E-state index contributed by atoms with van der Waals surface area (Å²) in [5, 5.41) is 9.60. The third kappa shape index (κ3) is 4.33. The summed E-state index contributed by atoms with van der Waals surface area (Å²) < 4.78 is 46.8. The molecule has 5 nitrogen and oxygen atoms in total. The number of aromatic nitrogens is 1. The van der Waals surface area contributed by atoms with E-state index in [2.05, 4.69) is 9.72 Å². The average Bonchev–Trinajstić information content (AvgIpc) is 2.92. The second kappa shape index (κ2) is 7.22. The van der Waals surface area contributed by atoms with Gasteiger partial charge in [-0.15, -0.1) is 13.2 Å². The van der Waals surface area contributed by atoms with Crippen LogP contribution in [0.15, 0.2) is 42.5 Å². The van der Waals surface area contributed by atoms with Crippen LogP contribution in [0.3, 0.4) is 0 Å². The first-order valence-electron chi connectivity index (χ1n) is 8.12. The summed E-state index contributed by atoms with van der Waals surface area (Å²) in [6.45, 7) is 2.37. The molecule has 0 unspecified atom stereocenters. The Morgan fingerprint density at radius 1 is 1.11 bits per heavy atom. The first-order valence-corrected chi connectivity index (χ1v) is 8.12. The molecule has 0 atom stereocenters. The number of halogens is 3. The van der Waals surface area contributed by atoms with E-state index in [0.717, 1.165) is 0 Å². The summed E-state index contributed by atoms with van der Waals surface area (Å²) in [6, 6.07) is 10.8. The smallest absolute Gasteiger partial charge is 0.494 e. The fourth-order valence-electron chi connectivity index (χ4n) is 2.89. The number of hydrogen-bond donors (Lipinski definition) is 2. The highest BCUT2D eigenvalue weighted by molar-refractivity contribution is 5.94. The molecule has 1 heterocycles. The van der Waals surface area contributed by atoms with Gasteiger partial charge in [0.15, 0.2) is 0 Å². The van der Waals surface area contributed by atoms with Crippen LogP contribution < -0.4 is 9.47 Å². The molecule has 0 saturated heterocycles. The highest BCUT2D eigenvalue weighted by Crippen LogP contribution is 2.35. The summed E-state index contributed by atoms with van der Waals surface area (Å²) in [5.41, 5.74) is 2.13. The molecule has 0 aliphatic rings. The Morgan fingerprint density at radius 3 is 2.37 bits per heavy atom. The molecule has 1 aromatic heterocycles. The van der Waals surface area contributed by atoms with Crippen LogP contribution in [0, 0.1) is 0 Å². The topological polar surface area (TPSA) is 71.5 Å². The second-order valence-electron chi connectivity index (χ2n) is 5.76. The van der Waals surface area contributed by atoms with Crippen molar-refractivity contribution in [2.24, 2.45) is 0 Å². The summed E-state index contributed by atoms with van der Waals surface area (Å²) in [7, 11) is 0. The van der Waals surface area contributed by atoms with E-state index in [0.29, 0.717) is 40.1 Å². The minimum absolute atomic E-state index is 0.349. The largest absolute Gasteiger partial charge is 0.573 e. The Hall–Kier alpha value is -3.16. The summed E-state index contributed by atoms with van der Waals surface area (Å²) in [4.78, 5) is 14.4. The van der Waals surface area contributed by atoms with Crippen molar-refractivity contribution in [2.75, 3.05) is 6.61 Å². The fraction of sp³-hybridized carbons (Fsp3) is 0.211. The van der Waals surface area contributed by atoms with Crippen molar-refractivity contribution in [3.05, 3.63) is 48.0 Å². The van der Waals surface area contributed by atoms with Crippen LogP contribution >= 0.6 is 0 Å². The number of aliphatic carboxylic acids is 1. The third-order valence-corrected chi connectivity index (χ3v) is 3.89. The number of alkyl halides is 3. The summed E-state index contributed by atoms with van der Waals surface area (Å²) >= 11 is 0. The molecule has 3 aromatic rings. The predicted octanol–water partition coefficient (Wildman–Crippen LogP) is 4.76. The van der Waals surface area contributed by atoms with Gasteiger partial charge in [-0.05, 0) is 60.5 Å². The van der Waals surface area contributed by atoms with Crippen molar-refractivity contribution < 1.29 is 32.5 Å². The van der Waals surface area contributed by atoms with Gasteiger partial charge >= 0.3 is 12.3 Å². The van der Waals surface area contributed by atoms with Crippen LogP contribution in [0.25, 0.3) is 22.2 Å². The molecule has 3 rings (SSSR count). The van der Waals surface area contributed by atoms with Crippen molar-refractivity contribution in [3.8, 4) is 22.8 Å². The molecule has 0 amide bonds. The molecule has 0 spiro atoms. The molecule has 2 aromatic carbocycles. The van der Waals surface area contributed by atoms with E-state index in [1.807, 2.05) is 6.92 Å². The molecular formula is C19H16F3NO4. The van der Waals surface area contributed by atoms with Crippen LogP contribution in [0.1, 0.15) is 12.5 Å². The van der Waals surface area contributed by atoms with E-state index in [1.54, 1.807) is 24.3 Å². The molecule has 0 aliphatic carbocycles. The molecular weight excluding hydrogens is 363 g/mol. The molecule has 0 bridgehead atoms. The Balaban J connectivity index is 2.09. The fourth-order valence-corrected chi connectivity index (χ4v) is 2.89. The summed E-state index contributed by atoms with van der Waals surface area (Å²) in [5.74, 6) is -0.831. The van der Waals surface area contributed by atoms with Crippen molar-refractivity contribution >= 4 is 16.9 Å². The molecule has 0 radical (unpaired) electrons. The van der Waals surface area contributed by atoms with Crippen LogP contribution in [0.5, 0.6) is 11.5 Å². The minimum Gasteiger partial charge on any atom is -0.494 e. The van der Waals surface area contributed by atoms with Crippen molar-refractivity contribution in [1.29, 1.82) is 0 Å². The van der Waals surface area contributed by atoms with Crippen LogP contribution in [-0.2, 0) is 11.2 Å². The zero-order chi connectivity index (χ0) is 19.6. The number of H-pyrrole nitrogens is 1. The monoisotopic (exact) mass is 379 g/mol. The van der Waals surface area contributed by atoms with Crippen LogP contribution in [0.4, 0.5) is 13.2 Å². The number of carboxylic acid groups (broad SMARTS) is 1. The Morgan fingerprint density at radius 2 is 1.78 bits per heavy atom. The molecule has 142 valence electrons. The van der Waals surface area contributed by atoms with Gasteiger partial charge in [0.25, 0.3) is 0 Å². The second-order valence-corrected chi connectivity index (χ2v) is 5.76. The number of nitrogens with one attached hydrogen (secondary N) is 1. The van der Waals surface area contributed by atoms with Crippen LogP contribution in [0.2, 0.25) is 0 Å². The molecule has 2 N–H and O–H groups in total. The molecule has 0 fully saturated rings. The first kappa shape index (κ1) is 18.6. The highest BCUT2D eigenvalue weighted by atomic mass is 19.4. The standard InChI is InChI=1S/C19H16F3NO4/c1-2-26-12-5-3-11(4-6-12)18-15(10-17(24)25)14-9-13(27-19(20,21)22)7-8-16(14)23-18/h3-9,23H,2,10H2,1H3,(H,24,25). The van der Waals surface area contributed by atoms with Gasteiger partial charge in [-0.3, -0.25) is 4.79 Å². The minimum atomic E-state index is -4.82. The van der Waals surface area contributed by atoms with E-state index in [4.69, 9.17) is 4.74 Å². The average molecular weight is 379 g/mol. The number of fused-ring (bicyclic) bond motifs is 1. The maximum atomic E-state index is 12.5. The normalized spacial score (nSPS) is 11.6. The lowest BCUT2D eigenvalue weighted by atomic mass is 10.0.